The highest BCUT2D eigenvalue weighted by molar-refractivity contribution is 5.95. The summed E-state index contributed by atoms with van der Waals surface area (Å²) in [6.45, 7) is 8.55. The van der Waals surface area contributed by atoms with E-state index in [1.165, 1.54) is 33.1 Å². The summed E-state index contributed by atoms with van der Waals surface area (Å²) in [6, 6.07) is 6.72. The first kappa shape index (κ1) is 44.9. The molecule has 0 unspecified atom stereocenters. The van der Waals surface area contributed by atoms with Gasteiger partial charge in [0, 0.05) is 34.7 Å². The van der Waals surface area contributed by atoms with E-state index in [0.717, 1.165) is 25.2 Å². The molecule has 1 heterocycles. The van der Waals surface area contributed by atoms with Crippen molar-refractivity contribution in [2.24, 2.45) is 0 Å². The lowest BCUT2D eigenvalue weighted by atomic mass is 10.1. The molecule has 54 heavy (non-hydrogen) atoms. The zero-order valence-electron chi connectivity index (χ0n) is 33.1. The summed E-state index contributed by atoms with van der Waals surface area (Å²) in [5.41, 5.74) is -0.856. The Morgan fingerprint density at radius 2 is 1.24 bits per heavy atom. The van der Waals surface area contributed by atoms with Gasteiger partial charge in [-0.1, -0.05) is 30.3 Å². The molecule has 17 nitrogen and oxygen atoms in total. The summed E-state index contributed by atoms with van der Waals surface area (Å²) < 4.78 is 16.1. The Morgan fingerprint density at radius 1 is 0.741 bits per heavy atom. The topological polar surface area (TPSA) is 192 Å². The Kier molecular flexibility index (Phi) is 16.4. The van der Waals surface area contributed by atoms with E-state index in [0.29, 0.717) is 12.8 Å². The van der Waals surface area contributed by atoms with E-state index >= 15 is 0 Å². The number of carbonyl (C=O) groups is 8. The molecule has 1 aliphatic heterocycles. The average Bonchev–Trinajstić information content (AvgIpc) is 3.55. The third-order valence-electron chi connectivity index (χ3n) is 7.94. The van der Waals surface area contributed by atoms with Crippen LogP contribution in [0.3, 0.4) is 0 Å². The van der Waals surface area contributed by atoms with E-state index < -0.39 is 90.4 Å². The maximum absolute atomic E-state index is 13.8. The minimum atomic E-state index is -1.41. The predicted molar refractivity (Wildman–Crippen MR) is 195 cm³/mol. The molecule has 0 radical (unpaired) electrons. The maximum Gasteiger partial charge on any atom is 0.410 e. The number of esters is 2. The molecule has 1 aromatic carbocycles. The molecular formula is C37H56N6O11. The second kappa shape index (κ2) is 19.7. The molecule has 2 atom stereocenters. The molecule has 0 spiro atoms. The zero-order chi connectivity index (χ0) is 41.0. The number of nitrogens with one attached hydrogen (secondary N) is 1. The van der Waals surface area contributed by atoms with Crippen LogP contribution in [0.5, 0.6) is 0 Å². The lowest BCUT2D eigenvalue weighted by Crippen LogP contribution is -2.54. The fourth-order valence-electron chi connectivity index (χ4n) is 5.15. The molecule has 300 valence electrons. The van der Waals surface area contributed by atoms with Crippen LogP contribution in [0, 0.1) is 0 Å². The van der Waals surface area contributed by atoms with Gasteiger partial charge in [0.25, 0.3) is 0 Å². The molecule has 17 heteroatoms. The molecule has 1 fully saturated rings. The van der Waals surface area contributed by atoms with E-state index in [2.05, 4.69) is 5.32 Å². The third kappa shape index (κ3) is 15.4. The van der Waals surface area contributed by atoms with Gasteiger partial charge in [-0.2, -0.15) is 0 Å². The van der Waals surface area contributed by atoms with Crippen molar-refractivity contribution in [1.29, 1.82) is 0 Å². The number of rotatable bonds is 15. The van der Waals surface area contributed by atoms with E-state index in [9.17, 15) is 38.4 Å². The SMILES string of the molecule is CN(CC(=O)N[C@@H](CC(=O)OC(C)(C)C)C(=O)N1CCC[C@H]1C(=O)OCc1ccccc1)C(=O)CN(C)C(=O)CN(C)C(=O)CN(C)C(=O)OC(C)(C)C. The Labute approximate surface area is 317 Å². The maximum atomic E-state index is 13.8. The van der Waals surface area contributed by atoms with Gasteiger partial charge in [-0.25, -0.2) is 9.59 Å². The van der Waals surface area contributed by atoms with Crippen molar-refractivity contribution in [3.05, 3.63) is 35.9 Å². The van der Waals surface area contributed by atoms with Crippen molar-refractivity contribution in [2.45, 2.75) is 90.7 Å². The first-order chi connectivity index (χ1) is 25.0. The molecule has 2 rings (SSSR count). The largest absolute Gasteiger partial charge is 0.460 e. The van der Waals surface area contributed by atoms with Gasteiger partial charge in [0.1, 0.15) is 36.4 Å². The van der Waals surface area contributed by atoms with Crippen molar-refractivity contribution in [2.75, 3.05) is 60.9 Å². The van der Waals surface area contributed by atoms with Crippen molar-refractivity contribution >= 4 is 47.6 Å². The van der Waals surface area contributed by atoms with Crippen molar-refractivity contribution in [1.82, 2.24) is 29.8 Å². The molecule has 1 saturated heterocycles. The zero-order valence-corrected chi connectivity index (χ0v) is 33.1. The van der Waals surface area contributed by atoms with Gasteiger partial charge >= 0.3 is 18.0 Å². The van der Waals surface area contributed by atoms with Gasteiger partial charge in [-0.05, 0) is 59.9 Å². The Bertz CT molecular complexity index is 1520. The summed E-state index contributed by atoms with van der Waals surface area (Å²) in [7, 11) is 5.45. The van der Waals surface area contributed by atoms with Gasteiger partial charge in [0.15, 0.2) is 0 Å². The van der Waals surface area contributed by atoms with Gasteiger partial charge in [-0.15, -0.1) is 0 Å². The van der Waals surface area contributed by atoms with E-state index in [4.69, 9.17) is 14.2 Å². The van der Waals surface area contributed by atoms with Crippen molar-refractivity contribution < 1.29 is 52.6 Å². The van der Waals surface area contributed by atoms with Gasteiger partial charge < -0.3 is 44.0 Å². The molecule has 1 aliphatic rings. The lowest BCUT2D eigenvalue weighted by molar-refractivity contribution is -0.159. The van der Waals surface area contributed by atoms with Crippen LogP contribution in [0.2, 0.25) is 0 Å². The molecule has 6 amide bonds. The number of likely N-dealkylation sites (tertiary alicyclic amines) is 1. The molecule has 0 aromatic heterocycles. The average molecular weight is 761 g/mol. The molecule has 0 aliphatic carbocycles. The molecule has 1 N–H and O–H groups in total. The fourth-order valence-corrected chi connectivity index (χ4v) is 5.15. The minimum Gasteiger partial charge on any atom is -0.460 e. The second-order valence-corrected chi connectivity index (χ2v) is 15.3. The molecular weight excluding hydrogens is 704 g/mol. The van der Waals surface area contributed by atoms with Crippen LogP contribution in [0.15, 0.2) is 30.3 Å². The first-order valence-electron chi connectivity index (χ1n) is 17.7. The fraction of sp³-hybridized carbons (Fsp3) is 0.622. The summed E-state index contributed by atoms with van der Waals surface area (Å²) in [4.78, 5) is 109. The van der Waals surface area contributed by atoms with E-state index in [-0.39, 0.29) is 26.2 Å². The first-order valence-corrected chi connectivity index (χ1v) is 17.7. The number of likely N-dealkylation sites (N-methyl/N-ethyl adjacent to an activating group) is 4. The highest BCUT2D eigenvalue weighted by atomic mass is 16.6. The van der Waals surface area contributed by atoms with Crippen LogP contribution in [0.4, 0.5) is 4.79 Å². The van der Waals surface area contributed by atoms with Gasteiger partial charge in [0.05, 0.1) is 26.1 Å². The number of benzene rings is 1. The van der Waals surface area contributed by atoms with Crippen LogP contribution in [-0.4, -0.2) is 156 Å². The van der Waals surface area contributed by atoms with Crippen LogP contribution < -0.4 is 5.32 Å². The quantitative estimate of drug-likeness (QED) is 0.200. The number of ether oxygens (including phenoxy) is 3. The van der Waals surface area contributed by atoms with Gasteiger partial charge in [-0.3, -0.25) is 28.8 Å². The molecule has 0 bridgehead atoms. The number of hydrogen-bond acceptors (Lipinski definition) is 11. The lowest BCUT2D eigenvalue weighted by Gasteiger charge is -2.29. The van der Waals surface area contributed by atoms with E-state index in [1.54, 1.807) is 53.7 Å². The monoisotopic (exact) mass is 760 g/mol. The Balaban J connectivity index is 2.02. The normalized spacial score (nSPS) is 14.6. The number of amides is 6. The highest BCUT2D eigenvalue weighted by Crippen LogP contribution is 2.22. The summed E-state index contributed by atoms with van der Waals surface area (Å²) in [5.74, 6) is -4.57. The summed E-state index contributed by atoms with van der Waals surface area (Å²) in [5, 5.41) is 2.53. The van der Waals surface area contributed by atoms with Crippen molar-refractivity contribution in [3.8, 4) is 0 Å². The van der Waals surface area contributed by atoms with Crippen LogP contribution in [0.25, 0.3) is 0 Å². The van der Waals surface area contributed by atoms with E-state index in [1.807, 2.05) is 18.2 Å². The summed E-state index contributed by atoms with van der Waals surface area (Å²) in [6.07, 6.45) is -0.395. The van der Waals surface area contributed by atoms with Crippen molar-refractivity contribution in [3.63, 3.8) is 0 Å². The number of hydrogen-bond donors (Lipinski definition) is 1. The van der Waals surface area contributed by atoms with Crippen LogP contribution in [0.1, 0.15) is 66.4 Å². The Hall–Kier alpha value is -5.22. The number of nitrogens with zero attached hydrogens (tertiary/aromatic N) is 5. The second-order valence-electron chi connectivity index (χ2n) is 15.3. The summed E-state index contributed by atoms with van der Waals surface area (Å²) >= 11 is 0. The Morgan fingerprint density at radius 3 is 1.76 bits per heavy atom. The highest BCUT2D eigenvalue weighted by Gasteiger charge is 2.40. The standard InChI is InChI=1S/C37H56N6O11/c1-36(2,3)53-32(48)19-26(33(49)43-18-14-17-27(43)34(50)52-24-25-15-12-11-13-16-25)38-28(44)20-39(7)29(45)21-40(8)30(46)22-41(9)31(47)23-42(10)35(51)54-37(4,5)6/h11-13,15-16,26-27H,14,17-24H2,1-10H3,(H,38,44)/t26-,27-/m0/s1. The molecule has 1 aromatic rings. The smallest absolute Gasteiger partial charge is 0.410 e. The third-order valence-corrected chi connectivity index (χ3v) is 7.94. The predicted octanol–water partition coefficient (Wildman–Crippen LogP) is 1.18. The van der Waals surface area contributed by atoms with Crippen LogP contribution >= 0.6 is 0 Å². The number of carbonyl (C=O) groups excluding carboxylic acids is 8. The van der Waals surface area contributed by atoms with Gasteiger partial charge in [0.2, 0.25) is 29.5 Å². The molecule has 0 saturated carbocycles. The van der Waals surface area contributed by atoms with Crippen LogP contribution in [-0.2, 0) is 54.4 Å². The minimum absolute atomic E-state index is 0.0136.